The number of aliphatic hydroxyl groups is 1. The molecular weight excluding hydrogens is 579 g/mol. The van der Waals surface area contributed by atoms with Crippen LogP contribution in [-0.4, -0.2) is 38.6 Å². The second-order valence-corrected chi connectivity index (χ2v) is 11.3. The summed E-state index contributed by atoms with van der Waals surface area (Å²) < 4.78 is 6.05. The molecule has 0 aliphatic carbocycles. The average Bonchev–Trinajstić information content (AvgIpc) is 3.51. The van der Waals surface area contributed by atoms with Crippen LogP contribution in [0.2, 0.25) is 10.0 Å². The summed E-state index contributed by atoms with van der Waals surface area (Å²) in [7, 11) is 0. The zero-order chi connectivity index (χ0) is 27.5. The zero-order valence-corrected chi connectivity index (χ0v) is 23.5. The van der Waals surface area contributed by atoms with Gasteiger partial charge in [-0.3, -0.25) is 19.5 Å². The second kappa shape index (κ2) is 11.7. The Hall–Kier alpha value is -3.44. The standard InChI is InChI=1S/C27H20Cl2N4O4S2/c1-2-37-19-7-4-16(5-8-19)23(34)21-22(15-9-11-30-12-10-15)33(25(36)24(21)35)26-31-32-27(39-26)38-14-17-3-6-18(28)13-20(17)29/h3-13,22,34H,2,14H2,1H3/b23-21-. The fourth-order valence-corrected chi connectivity index (χ4v) is 6.48. The maximum absolute atomic E-state index is 13.3. The van der Waals surface area contributed by atoms with E-state index in [0.29, 0.717) is 43.6 Å². The maximum Gasteiger partial charge on any atom is 0.301 e. The van der Waals surface area contributed by atoms with E-state index in [-0.39, 0.29) is 16.5 Å². The van der Waals surface area contributed by atoms with Crippen molar-refractivity contribution in [2.45, 2.75) is 23.1 Å². The highest BCUT2D eigenvalue weighted by atomic mass is 35.5. The lowest BCUT2D eigenvalue weighted by Gasteiger charge is -2.22. The molecule has 0 spiro atoms. The van der Waals surface area contributed by atoms with Crippen molar-refractivity contribution < 1.29 is 19.4 Å². The van der Waals surface area contributed by atoms with Gasteiger partial charge in [-0.15, -0.1) is 10.2 Å². The highest BCUT2D eigenvalue weighted by molar-refractivity contribution is 8.00. The van der Waals surface area contributed by atoms with E-state index in [0.717, 1.165) is 5.56 Å². The Kier molecular flexibility index (Phi) is 8.18. The lowest BCUT2D eigenvalue weighted by Crippen LogP contribution is -2.29. The Morgan fingerprint density at radius 1 is 1.08 bits per heavy atom. The first-order chi connectivity index (χ1) is 18.9. The number of aromatic nitrogens is 3. The van der Waals surface area contributed by atoms with Gasteiger partial charge in [0.05, 0.1) is 18.2 Å². The number of hydrogen-bond acceptors (Lipinski definition) is 9. The van der Waals surface area contributed by atoms with Gasteiger partial charge in [-0.05, 0) is 66.6 Å². The third-order valence-electron chi connectivity index (χ3n) is 5.87. The number of aliphatic hydroxyl groups excluding tert-OH is 1. The lowest BCUT2D eigenvalue weighted by atomic mass is 9.96. The van der Waals surface area contributed by atoms with Crippen molar-refractivity contribution in [2.75, 3.05) is 11.5 Å². The van der Waals surface area contributed by atoms with E-state index in [1.165, 1.54) is 28.0 Å². The number of pyridine rings is 1. The van der Waals surface area contributed by atoms with Crippen molar-refractivity contribution >= 4 is 68.9 Å². The lowest BCUT2D eigenvalue weighted by molar-refractivity contribution is -0.132. The van der Waals surface area contributed by atoms with Crippen LogP contribution < -0.4 is 9.64 Å². The predicted octanol–water partition coefficient (Wildman–Crippen LogP) is 6.56. The quantitative estimate of drug-likeness (QED) is 0.0799. The topological polar surface area (TPSA) is 106 Å². The molecule has 3 heterocycles. The molecule has 1 amide bonds. The summed E-state index contributed by atoms with van der Waals surface area (Å²) in [5.74, 6) is -0.788. The van der Waals surface area contributed by atoms with Crippen LogP contribution in [0, 0.1) is 0 Å². The molecule has 4 aromatic rings. The summed E-state index contributed by atoms with van der Waals surface area (Å²) in [6.45, 7) is 2.36. The van der Waals surface area contributed by atoms with Gasteiger partial charge in [-0.25, -0.2) is 0 Å². The Balaban J connectivity index is 1.50. The fraction of sp³-hybridized carbons (Fsp3) is 0.148. The van der Waals surface area contributed by atoms with Crippen molar-refractivity contribution in [3.8, 4) is 5.75 Å². The number of benzene rings is 2. The second-order valence-electron chi connectivity index (χ2n) is 8.28. The van der Waals surface area contributed by atoms with Crippen LogP contribution in [0.3, 0.4) is 0 Å². The minimum Gasteiger partial charge on any atom is -0.507 e. The molecule has 1 atom stereocenters. The molecule has 8 nitrogen and oxygen atoms in total. The molecule has 1 unspecified atom stereocenters. The van der Waals surface area contributed by atoms with Crippen molar-refractivity contribution in [2.24, 2.45) is 0 Å². The number of rotatable bonds is 8. The number of ether oxygens (including phenoxy) is 1. The first-order valence-electron chi connectivity index (χ1n) is 11.7. The number of carbonyl (C=O) groups is 2. The molecule has 0 saturated carbocycles. The number of amides is 1. The first kappa shape index (κ1) is 27.1. The van der Waals surface area contributed by atoms with E-state index < -0.39 is 17.7 Å². The van der Waals surface area contributed by atoms with Crippen LogP contribution in [0.1, 0.15) is 29.7 Å². The number of carbonyl (C=O) groups excluding carboxylic acids is 2. The molecule has 5 rings (SSSR count). The minimum absolute atomic E-state index is 0.0484. The van der Waals surface area contributed by atoms with Gasteiger partial charge in [0.25, 0.3) is 5.78 Å². The smallest absolute Gasteiger partial charge is 0.301 e. The number of thioether (sulfide) groups is 1. The number of ketones is 1. The van der Waals surface area contributed by atoms with Crippen molar-refractivity contribution in [1.82, 2.24) is 15.2 Å². The fourth-order valence-electron chi connectivity index (χ4n) is 4.06. The Morgan fingerprint density at radius 3 is 2.51 bits per heavy atom. The summed E-state index contributed by atoms with van der Waals surface area (Å²) in [5.41, 5.74) is 1.79. The van der Waals surface area contributed by atoms with Gasteiger partial charge in [-0.2, -0.15) is 0 Å². The SMILES string of the molecule is CCOc1ccc(/C(O)=C2/C(=O)C(=O)N(c3nnc(SCc4ccc(Cl)cc4Cl)s3)C2c2ccncc2)cc1. The number of nitrogens with zero attached hydrogens (tertiary/aromatic N) is 4. The van der Waals surface area contributed by atoms with E-state index in [1.54, 1.807) is 60.9 Å². The molecule has 2 aromatic carbocycles. The number of halogens is 2. The van der Waals surface area contributed by atoms with Gasteiger partial charge in [0.15, 0.2) is 4.34 Å². The van der Waals surface area contributed by atoms with E-state index >= 15 is 0 Å². The Bertz CT molecular complexity index is 1560. The number of hydrogen-bond donors (Lipinski definition) is 1. The highest BCUT2D eigenvalue weighted by Gasteiger charge is 2.48. The number of anilines is 1. The van der Waals surface area contributed by atoms with E-state index in [1.807, 2.05) is 13.0 Å². The third-order valence-corrected chi connectivity index (χ3v) is 8.56. The highest BCUT2D eigenvalue weighted by Crippen LogP contribution is 2.44. The molecule has 1 aliphatic heterocycles. The van der Waals surface area contributed by atoms with Crippen LogP contribution in [0.5, 0.6) is 5.75 Å². The van der Waals surface area contributed by atoms with Crippen LogP contribution >= 0.6 is 46.3 Å². The maximum atomic E-state index is 13.3. The van der Waals surface area contributed by atoms with E-state index in [4.69, 9.17) is 27.9 Å². The summed E-state index contributed by atoms with van der Waals surface area (Å²) in [6.07, 6.45) is 3.12. The molecule has 0 bridgehead atoms. The molecule has 0 radical (unpaired) electrons. The normalized spacial score (nSPS) is 16.6. The van der Waals surface area contributed by atoms with Crippen molar-refractivity contribution in [3.05, 3.63) is 99.3 Å². The Labute approximate surface area is 242 Å². The van der Waals surface area contributed by atoms with Gasteiger partial charge in [0.1, 0.15) is 11.5 Å². The zero-order valence-electron chi connectivity index (χ0n) is 20.4. The van der Waals surface area contributed by atoms with Gasteiger partial charge in [0, 0.05) is 33.8 Å². The van der Waals surface area contributed by atoms with Gasteiger partial charge >= 0.3 is 5.91 Å². The average molecular weight is 600 g/mol. The first-order valence-corrected chi connectivity index (χ1v) is 14.3. The van der Waals surface area contributed by atoms with Gasteiger partial charge in [-0.1, -0.05) is 52.4 Å². The molecule has 1 N–H and O–H groups in total. The summed E-state index contributed by atoms with van der Waals surface area (Å²) >= 11 is 14.8. The largest absolute Gasteiger partial charge is 0.507 e. The van der Waals surface area contributed by atoms with Gasteiger partial charge < -0.3 is 9.84 Å². The summed E-state index contributed by atoms with van der Waals surface area (Å²) in [4.78, 5) is 32.0. The molecule has 1 aliphatic rings. The molecule has 198 valence electrons. The molecule has 39 heavy (non-hydrogen) atoms. The minimum atomic E-state index is -0.920. The monoisotopic (exact) mass is 598 g/mol. The van der Waals surface area contributed by atoms with E-state index in [2.05, 4.69) is 15.2 Å². The van der Waals surface area contributed by atoms with Crippen molar-refractivity contribution in [3.63, 3.8) is 0 Å². The summed E-state index contributed by atoms with van der Waals surface area (Å²) in [6, 6.07) is 14.4. The van der Waals surface area contributed by atoms with Crippen LogP contribution in [0.4, 0.5) is 5.13 Å². The predicted molar refractivity (Wildman–Crippen MR) is 153 cm³/mol. The van der Waals surface area contributed by atoms with Crippen LogP contribution in [0.15, 0.2) is 76.9 Å². The van der Waals surface area contributed by atoms with Gasteiger partial charge in [0.2, 0.25) is 5.13 Å². The summed E-state index contributed by atoms with van der Waals surface area (Å²) in [5, 5.41) is 21.0. The van der Waals surface area contributed by atoms with Crippen LogP contribution in [0.25, 0.3) is 5.76 Å². The van der Waals surface area contributed by atoms with Crippen molar-refractivity contribution in [1.29, 1.82) is 0 Å². The number of Topliss-reactive ketones (excluding diaryl/α,β-unsaturated/α-hetero) is 1. The molecular formula is C27H20Cl2N4O4S2. The molecule has 1 fully saturated rings. The van der Waals surface area contributed by atoms with Crippen LogP contribution in [-0.2, 0) is 15.3 Å². The Morgan fingerprint density at radius 2 is 1.82 bits per heavy atom. The molecule has 12 heteroatoms. The third kappa shape index (κ3) is 5.65. The van der Waals surface area contributed by atoms with E-state index in [9.17, 15) is 14.7 Å². The molecule has 2 aromatic heterocycles. The molecule has 1 saturated heterocycles.